The van der Waals surface area contributed by atoms with Crippen LogP contribution in [0.25, 0.3) is 0 Å². The van der Waals surface area contributed by atoms with Crippen molar-refractivity contribution in [2.75, 3.05) is 20.1 Å². The van der Waals surface area contributed by atoms with Gasteiger partial charge < -0.3 is 10.6 Å². The molecule has 2 rings (SSSR count). The molecule has 1 aromatic heterocycles. The largest absolute Gasteiger partial charge is 0.392 e. The minimum atomic E-state index is -3.83. The van der Waals surface area contributed by atoms with E-state index in [9.17, 15) is 8.42 Å². The van der Waals surface area contributed by atoms with Crippen LogP contribution in [-0.4, -0.2) is 44.0 Å². The quantitative estimate of drug-likeness (QED) is 0.773. The van der Waals surface area contributed by atoms with E-state index in [2.05, 4.69) is 9.62 Å². The van der Waals surface area contributed by atoms with Crippen molar-refractivity contribution in [3.63, 3.8) is 0 Å². The SMILES string of the molecule is CN1CCC(NS(=O)(=O)c2cc(Cl)sc2Cl)(C(N)=S)CC1. The number of sulfonamides is 1. The monoisotopic (exact) mass is 387 g/mol. The second-order valence-corrected chi connectivity index (χ2v) is 9.42. The van der Waals surface area contributed by atoms with Gasteiger partial charge in [0, 0.05) is 13.1 Å². The molecule has 118 valence electrons. The number of nitrogens with zero attached hydrogens (tertiary/aromatic N) is 1. The van der Waals surface area contributed by atoms with Crippen molar-refractivity contribution >= 4 is 61.8 Å². The Labute approximate surface area is 143 Å². The molecule has 1 fully saturated rings. The lowest BCUT2D eigenvalue weighted by Gasteiger charge is -2.40. The molecular weight excluding hydrogens is 373 g/mol. The molecule has 1 aliphatic heterocycles. The number of piperidine rings is 1. The first-order valence-electron chi connectivity index (χ1n) is 6.13. The van der Waals surface area contributed by atoms with E-state index in [-0.39, 0.29) is 14.2 Å². The zero-order valence-electron chi connectivity index (χ0n) is 11.2. The Hall–Kier alpha value is 0.0400. The smallest absolute Gasteiger partial charge is 0.243 e. The van der Waals surface area contributed by atoms with E-state index < -0.39 is 15.6 Å². The number of thiocarbonyl (C=S) groups is 1. The fraction of sp³-hybridized carbons (Fsp3) is 0.545. The van der Waals surface area contributed by atoms with Crippen LogP contribution in [0.15, 0.2) is 11.0 Å². The third-order valence-electron chi connectivity index (χ3n) is 3.56. The molecule has 0 unspecified atom stereocenters. The van der Waals surface area contributed by atoms with Gasteiger partial charge in [-0.25, -0.2) is 8.42 Å². The minimum absolute atomic E-state index is 0.0336. The van der Waals surface area contributed by atoms with Crippen LogP contribution in [0.5, 0.6) is 0 Å². The summed E-state index contributed by atoms with van der Waals surface area (Å²) in [4.78, 5) is 2.21. The van der Waals surface area contributed by atoms with Crippen LogP contribution in [0.3, 0.4) is 0 Å². The molecule has 0 spiro atoms. The van der Waals surface area contributed by atoms with Crippen LogP contribution in [0.4, 0.5) is 0 Å². The van der Waals surface area contributed by atoms with E-state index in [4.69, 9.17) is 41.2 Å². The van der Waals surface area contributed by atoms with Crippen molar-refractivity contribution in [3.05, 3.63) is 14.7 Å². The summed E-state index contributed by atoms with van der Waals surface area (Å²) in [6.45, 7) is 1.41. The summed E-state index contributed by atoms with van der Waals surface area (Å²) in [6.07, 6.45) is 1.04. The highest BCUT2D eigenvalue weighted by atomic mass is 35.5. The van der Waals surface area contributed by atoms with Gasteiger partial charge in [0.2, 0.25) is 10.0 Å². The second kappa shape index (κ2) is 6.27. The maximum Gasteiger partial charge on any atom is 0.243 e. The van der Waals surface area contributed by atoms with Gasteiger partial charge in [-0.05, 0) is 26.0 Å². The molecule has 0 bridgehead atoms. The first-order chi connectivity index (χ1) is 9.66. The molecular formula is C11H15Cl2N3O2S3. The Kier molecular flexibility index (Phi) is 5.19. The molecule has 0 aromatic carbocycles. The van der Waals surface area contributed by atoms with Gasteiger partial charge in [0.05, 0.1) is 14.9 Å². The summed E-state index contributed by atoms with van der Waals surface area (Å²) >= 11 is 17.9. The van der Waals surface area contributed by atoms with Gasteiger partial charge >= 0.3 is 0 Å². The third kappa shape index (κ3) is 3.69. The predicted octanol–water partition coefficient (Wildman–Crippen LogP) is 2.08. The van der Waals surface area contributed by atoms with E-state index in [0.717, 1.165) is 11.3 Å². The number of hydrogen-bond donors (Lipinski definition) is 2. The highest BCUT2D eigenvalue weighted by molar-refractivity contribution is 7.90. The molecule has 0 radical (unpaired) electrons. The summed E-state index contributed by atoms with van der Waals surface area (Å²) in [7, 11) is -1.87. The Bertz CT molecular complexity index is 652. The summed E-state index contributed by atoms with van der Waals surface area (Å²) in [6, 6.07) is 1.33. The van der Waals surface area contributed by atoms with E-state index in [1.807, 2.05) is 7.05 Å². The molecule has 2 heterocycles. The molecule has 1 saturated heterocycles. The Morgan fingerprint density at radius 2 is 2.05 bits per heavy atom. The Balaban J connectivity index is 2.33. The van der Waals surface area contributed by atoms with Crippen molar-refractivity contribution < 1.29 is 8.42 Å². The van der Waals surface area contributed by atoms with E-state index in [1.54, 1.807) is 0 Å². The van der Waals surface area contributed by atoms with Crippen LogP contribution in [0.1, 0.15) is 12.8 Å². The number of thiophene rings is 1. The van der Waals surface area contributed by atoms with Crippen LogP contribution >= 0.6 is 46.8 Å². The number of rotatable bonds is 4. The molecule has 1 aliphatic rings. The molecule has 0 saturated carbocycles. The maximum atomic E-state index is 12.5. The average molecular weight is 388 g/mol. The summed E-state index contributed by atoms with van der Waals surface area (Å²) in [5.74, 6) is 0. The zero-order chi connectivity index (χ0) is 15.8. The van der Waals surface area contributed by atoms with E-state index in [0.29, 0.717) is 30.3 Å². The number of hydrogen-bond acceptors (Lipinski definition) is 5. The van der Waals surface area contributed by atoms with Crippen molar-refractivity contribution in [2.24, 2.45) is 5.73 Å². The first-order valence-corrected chi connectivity index (χ1v) is 9.60. The van der Waals surface area contributed by atoms with Crippen molar-refractivity contribution in [1.29, 1.82) is 0 Å². The molecule has 0 amide bonds. The Morgan fingerprint density at radius 3 is 2.48 bits per heavy atom. The normalized spacial score (nSPS) is 19.6. The number of nitrogens with one attached hydrogen (secondary N) is 1. The number of halogens is 2. The predicted molar refractivity (Wildman–Crippen MR) is 90.9 cm³/mol. The van der Waals surface area contributed by atoms with E-state index in [1.165, 1.54) is 6.07 Å². The lowest BCUT2D eigenvalue weighted by atomic mass is 9.89. The summed E-state index contributed by atoms with van der Waals surface area (Å²) < 4.78 is 28.2. The van der Waals surface area contributed by atoms with Gasteiger partial charge in [-0.2, -0.15) is 4.72 Å². The second-order valence-electron chi connectivity index (χ2n) is 5.04. The van der Waals surface area contributed by atoms with Gasteiger partial charge in [-0.3, -0.25) is 0 Å². The molecule has 0 atom stereocenters. The molecule has 0 aliphatic carbocycles. The van der Waals surface area contributed by atoms with Crippen molar-refractivity contribution in [3.8, 4) is 0 Å². The van der Waals surface area contributed by atoms with Crippen LogP contribution in [0.2, 0.25) is 8.67 Å². The third-order valence-corrected chi connectivity index (χ3v) is 7.24. The lowest BCUT2D eigenvalue weighted by molar-refractivity contribution is 0.220. The summed E-state index contributed by atoms with van der Waals surface area (Å²) in [5, 5.41) is 0. The molecule has 10 heteroatoms. The zero-order valence-corrected chi connectivity index (χ0v) is 15.2. The average Bonchev–Trinajstić information content (AvgIpc) is 2.72. The van der Waals surface area contributed by atoms with Crippen LogP contribution < -0.4 is 10.5 Å². The van der Waals surface area contributed by atoms with Crippen molar-refractivity contribution in [2.45, 2.75) is 23.3 Å². The number of likely N-dealkylation sites (tertiary alicyclic amines) is 1. The fourth-order valence-corrected chi connectivity index (χ4v) is 6.13. The van der Waals surface area contributed by atoms with Crippen LogP contribution in [-0.2, 0) is 10.0 Å². The molecule has 1 aromatic rings. The molecule has 3 N–H and O–H groups in total. The standard InChI is InChI=1S/C11H15Cl2N3O2S3/c1-16-4-2-11(3-5-16,10(14)19)15-21(17,18)7-6-8(12)20-9(7)13/h6,15H,2-5H2,1H3,(H2,14,19). The van der Waals surface area contributed by atoms with Crippen molar-refractivity contribution in [1.82, 2.24) is 9.62 Å². The summed E-state index contributed by atoms with van der Waals surface area (Å²) in [5.41, 5.74) is 4.89. The van der Waals surface area contributed by atoms with E-state index >= 15 is 0 Å². The highest BCUT2D eigenvalue weighted by Gasteiger charge is 2.41. The van der Waals surface area contributed by atoms with Gasteiger partial charge in [0.15, 0.2) is 0 Å². The van der Waals surface area contributed by atoms with Gasteiger partial charge in [-0.1, -0.05) is 35.4 Å². The van der Waals surface area contributed by atoms with Gasteiger partial charge in [-0.15, -0.1) is 11.3 Å². The fourth-order valence-electron chi connectivity index (χ4n) is 2.22. The highest BCUT2D eigenvalue weighted by Crippen LogP contribution is 2.35. The Morgan fingerprint density at radius 1 is 1.48 bits per heavy atom. The molecule has 5 nitrogen and oxygen atoms in total. The first kappa shape index (κ1) is 17.4. The maximum absolute atomic E-state index is 12.5. The lowest BCUT2D eigenvalue weighted by Crippen LogP contribution is -2.61. The topological polar surface area (TPSA) is 75.4 Å². The van der Waals surface area contributed by atoms with Gasteiger partial charge in [0.1, 0.15) is 9.23 Å². The number of nitrogens with two attached hydrogens (primary N) is 1. The van der Waals surface area contributed by atoms with Gasteiger partial charge in [0.25, 0.3) is 0 Å². The minimum Gasteiger partial charge on any atom is -0.392 e. The van der Waals surface area contributed by atoms with Crippen LogP contribution in [0, 0.1) is 0 Å². The molecule has 21 heavy (non-hydrogen) atoms.